The van der Waals surface area contributed by atoms with E-state index >= 15 is 0 Å². The number of allylic oxidation sites excluding steroid dienone is 1. The summed E-state index contributed by atoms with van der Waals surface area (Å²) in [7, 11) is 1.70. The second-order valence-corrected chi connectivity index (χ2v) is 7.18. The first-order valence-electron chi connectivity index (χ1n) is 10.3. The minimum absolute atomic E-state index is 0.119. The van der Waals surface area contributed by atoms with Crippen molar-refractivity contribution >= 4 is 23.1 Å². The second-order valence-electron chi connectivity index (χ2n) is 7.18. The Hall–Kier alpha value is -4.17. The third kappa shape index (κ3) is 6.41. The van der Waals surface area contributed by atoms with Crippen LogP contribution in [0.5, 0.6) is 0 Å². The van der Waals surface area contributed by atoms with Crippen LogP contribution in [0.3, 0.4) is 0 Å². The lowest BCUT2D eigenvalue weighted by molar-refractivity contribution is -0.137. The van der Waals surface area contributed by atoms with Crippen LogP contribution in [-0.2, 0) is 9.59 Å². The van der Waals surface area contributed by atoms with Crippen molar-refractivity contribution in [2.75, 3.05) is 11.9 Å². The number of aromatic nitrogens is 1. The lowest BCUT2D eigenvalue weighted by atomic mass is 9.97. The molecule has 5 nitrogen and oxygen atoms in total. The van der Waals surface area contributed by atoms with Gasteiger partial charge < -0.3 is 10.0 Å². The molecule has 0 saturated heterocycles. The molecule has 1 aromatic heterocycles. The molecule has 3 aromatic rings. The molecule has 0 atom stereocenters. The molecule has 32 heavy (non-hydrogen) atoms. The molecule has 0 aliphatic heterocycles. The van der Waals surface area contributed by atoms with Crippen molar-refractivity contribution in [3.05, 3.63) is 102 Å². The summed E-state index contributed by atoms with van der Waals surface area (Å²) in [6.45, 7) is 0. The van der Waals surface area contributed by atoms with E-state index in [1.807, 2.05) is 72.8 Å². The summed E-state index contributed by atoms with van der Waals surface area (Å²) in [5, 5.41) is 8.90. The second kappa shape index (κ2) is 11.3. The number of carboxylic acids is 1. The highest BCUT2D eigenvalue weighted by atomic mass is 16.4. The van der Waals surface area contributed by atoms with Crippen LogP contribution in [0.2, 0.25) is 0 Å². The van der Waals surface area contributed by atoms with E-state index in [0.717, 1.165) is 28.0 Å². The maximum atomic E-state index is 12.6. The van der Waals surface area contributed by atoms with Crippen molar-refractivity contribution in [1.29, 1.82) is 0 Å². The number of rotatable bonds is 7. The number of anilines is 1. The van der Waals surface area contributed by atoms with Crippen LogP contribution in [0.4, 0.5) is 5.69 Å². The van der Waals surface area contributed by atoms with Gasteiger partial charge in [0.05, 0.1) is 0 Å². The summed E-state index contributed by atoms with van der Waals surface area (Å²) in [6.07, 6.45) is 6.80. The molecule has 1 N–H and O–H groups in total. The first-order valence-corrected chi connectivity index (χ1v) is 10.3. The summed E-state index contributed by atoms with van der Waals surface area (Å²) in [5.41, 5.74) is 4.29. The number of carbonyl (C=O) groups is 2. The van der Waals surface area contributed by atoms with Crippen LogP contribution in [0.1, 0.15) is 36.0 Å². The van der Waals surface area contributed by atoms with Crippen molar-refractivity contribution in [3.63, 3.8) is 0 Å². The monoisotopic (exact) mass is 424 g/mol. The van der Waals surface area contributed by atoms with E-state index in [-0.39, 0.29) is 12.3 Å². The van der Waals surface area contributed by atoms with Crippen LogP contribution in [0, 0.1) is 11.8 Å². The van der Waals surface area contributed by atoms with Gasteiger partial charge in [0.25, 0.3) is 0 Å². The van der Waals surface area contributed by atoms with Crippen LogP contribution in [-0.4, -0.2) is 29.0 Å². The zero-order chi connectivity index (χ0) is 22.8. The van der Waals surface area contributed by atoms with Crippen LogP contribution >= 0.6 is 0 Å². The highest BCUT2D eigenvalue weighted by Gasteiger charge is 2.11. The molecule has 1 heterocycles. The maximum absolute atomic E-state index is 12.6. The smallest absolute Gasteiger partial charge is 0.303 e. The van der Waals surface area contributed by atoms with Crippen molar-refractivity contribution in [2.24, 2.45) is 0 Å². The molecule has 1 amide bonds. The van der Waals surface area contributed by atoms with E-state index in [1.165, 1.54) is 4.90 Å². The van der Waals surface area contributed by atoms with Gasteiger partial charge >= 0.3 is 11.9 Å². The molecule has 0 aliphatic rings. The van der Waals surface area contributed by atoms with Gasteiger partial charge in [-0.1, -0.05) is 48.4 Å². The van der Waals surface area contributed by atoms with Gasteiger partial charge in [0.15, 0.2) is 0 Å². The van der Waals surface area contributed by atoms with E-state index in [1.54, 1.807) is 19.4 Å². The van der Waals surface area contributed by atoms with Crippen molar-refractivity contribution in [2.45, 2.75) is 19.3 Å². The molecule has 0 unspecified atom stereocenters. The van der Waals surface area contributed by atoms with E-state index in [9.17, 15) is 9.59 Å². The largest absolute Gasteiger partial charge is 0.481 e. The fourth-order valence-corrected chi connectivity index (χ4v) is 3.15. The highest BCUT2D eigenvalue weighted by molar-refractivity contribution is 6.06. The number of carbonyl (C=O) groups excluding carboxylic acids is 1. The molecule has 0 bridgehead atoms. The Morgan fingerprint density at radius 1 is 1.03 bits per heavy atom. The zero-order valence-electron chi connectivity index (χ0n) is 17.9. The van der Waals surface area contributed by atoms with Gasteiger partial charge in [-0.15, -0.1) is 0 Å². The van der Waals surface area contributed by atoms with Gasteiger partial charge in [0.1, 0.15) is 0 Å². The third-order valence-electron chi connectivity index (χ3n) is 4.85. The topological polar surface area (TPSA) is 70.5 Å². The van der Waals surface area contributed by atoms with Gasteiger partial charge in [0, 0.05) is 48.6 Å². The van der Waals surface area contributed by atoms with Gasteiger partial charge in [-0.3, -0.25) is 14.6 Å². The fraction of sp³-hybridized carbons (Fsp3) is 0.148. The first kappa shape index (κ1) is 22.5. The summed E-state index contributed by atoms with van der Waals surface area (Å²) in [4.78, 5) is 29.2. The average Bonchev–Trinajstić information content (AvgIpc) is 2.83. The molecular formula is C27H24N2O3. The van der Waals surface area contributed by atoms with E-state index in [0.29, 0.717) is 12.8 Å². The quantitative estimate of drug-likeness (QED) is 0.438. The molecule has 0 saturated carbocycles. The molecule has 0 fully saturated rings. The van der Waals surface area contributed by atoms with Gasteiger partial charge in [0.2, 0.25) is 0 Å². The molecule has 0 radical (unpaired) electrons. The number of pyridine rings is 1. The summed E-state index contributed by atoms with van der Waals surface area (Å²) < 4.78 is 0. The highest BCUT2D eigenvalue weighted by Crippen LogP contribution is 2.27. The Balaban J connectivity index is 1.85. The Bertz CT molecular complexity index is 1160. The lowest BCUT2D eigenvalue weighted by Crippen LogP contribution is -2.24. The van der Waals surface area contributed by atoms with Gasteiger partial charge in [-0.05, 0) is 54.3 Å². The Labute approximate surface area is 188 Å². The summed E-state index contributed by atoms with van der Waals surface area (Å²) >= 11 is 0. The number of carboxylic acid groups (broad SMARTS) is 1. The number of benzene rings is 2. The minimum Gasteiger partial charge on any atom is -0.481 e. The normalized spacial score (nSPS) is 10.7. The van der Waals surface area contributed by atoms with Crippen molar-refractivity contribution in [1.82, 2.24) is 4.98 Å². The Morgan fingerprint density at radius 2 is 1.81 bits per heavy atom. The lowest BCUT2D eigenvalue weighted by Gasteiger charge is -2.16. The average molecular weight is 425 g/mol. The maximum Gasteiger partial charge on any atom is 0.303 e. The molecule has 0 aliphatic carbocycles. The number of amides is 1. The number of hydrogen-bond donors (Lipinski definition) is 1. The SMILES string of the molecule is CN(C(=O)C#Cc1ccccc1)c1cccc(C(=CCCCC(=O)O)c2cccnc2)c1. The molecule has 2 aromatic carbocycles. The molecule has 3 rings (SSSR count). The van der Waals surface area contributed by atoms with E-state index < -0.39 is 5.97 Å². The summed E-state index contributed by atoms with van der Waals surface area (Å²) in [5.74, 6) is 4.47. The van der Waals surface area contributed by atoms with Gasteiger partial charge in [-0.25, -0.2) is 0 Å². The fourth-order valence-electron chi connectivity index (χ4n) is 3.15. The summed E-state index contributed by atoms with van der Waals surface area (Å²) in [6, 6.07) is 20.8. The number of unbranched alkanes of at least 4 members (excludes halogenated alkanes) is 1. The molecule has 5 heteroatoms. The van der Waals surface area contributed by atoms with Crippen LogP contribution in [0.25, 0.3) is 5.57 Å². The van der Waals surface area contributed by atoms with E-state index in [4.69, 9.17) is 5.11 Å². The predicted molar refractivity (Wildman–Crippen MR) is 126 cm³/mol. The standard InChI is InChI=1S/C27H24N2O3/c1-29(26(30)17-16-21-9-3-2-4-10-21)24-13-7-11-22(19-24)25(14-5-6-15-27(31)32)23-12-8-18-28-20-23/h2-4,7-14,18-20H,5-6,15H2,1H3,(H,31,32). The first-order chi connectivity index (χ1) is 15.5. The van der Waals surface area contributed by atoms with Crippen molar-refractivity contribution < 1.29 is 14.7 Å². The zero-order valence-corrected chi connectivity index (χ0v) is 17.9. The third-order valence-corrected chi connectivity index (χ3v) is 4.85. The van der Waals surface area contributed by atoms with Crippen LogP contribution in [0.15, 0.2) is 85.2 Å². The molecular weight excluding hydrogens is 400 g/mol. The Kier molecular flexibility index (Phi) is 7.94. The molecule has 160 valence electrons. The Morgan fingerprint density at radius 3 is 2.53 bits per heavy atom. The molecule has 0 spiro atoms. The van der Waals surface area contributed by atoms with Crippen LogP contribution < -0.4 is 4.90 Å². The minimum atomic E-state index is -0.805. The van der Waals surface area contributed by atoms with Gasteiger partial charge in [-0.2, -0.15) is 0 Å². The number of hydrogen-bond acceptors (Lipinski definition) is 3. The van der Waals surface area contributed by atoms with Crippen molar-refractivity contribution in [3.8, 4) is 11.8 Å². The predicted octanol–water partition coefficient (Wildman–Crippen LogP) is 4.78. The number of aliphatic carboxylic acids is 1. The number of nitrogens with zero attached hydrogens (tertiary/aromatic N) is 2. The van der Waals surface area contributed by atoms with E-state index in [2.05, 4.69) is 16.8 Å².